The molecular weight excluding hydrogens is 370 g/mol. The molecule has 0 atom stereocenters. The molecule has 0 saturated heterocycles. The first-order chi connectivity index (χ1) is 6.00. The molecule has 17 heavy (non-hydrogen) atoms. The summed E-state index contributed by atoms with van der Waals surface area (Å²) in [5, 5.41) is 0. The van der Waals surface area contributed by atoms with E-state index < -0.39 is 30.7 Å². The fraction of sp³-hybridized carbons (Fsp3) is 0. The summed E-state index contributed by atoms with van der Waals surface area (Å²) in [6, 6.07) is 0. The van der Waals surface area contributed by atoms with Gasteiger partial charge in [-0.15, -0.1) is 30.7 Å². The summed E-state index contributed by atoms with van der Waals surface area (Å²) in [5.41, 5.74) is 0. The number of hydrogen-bond acceptors (Lipinski definition) is 12. The third-order valence-corrected chi connectivity index (χ3v) is 0. The molecule has 13 nitrogen and oxygen atoms in total. The number of halogens is 3. The Hall–Kier alpha value is 0.869. The molecule has 0 rings (SSSR count). The zero-order valence-corrected chi connectivity index (χ0v) is 10.3. The van der Waals surface area contributed by atoms with Crippen molar-refractivity contribution in [3.63, 3.8) is 0 Å². The quantitative estimate of drug-likeness (QED) is 0.357. The zero-order valence-electron chi connectivity index (χ0n) is 6.89. The molecule has 109 valence electrons. The SMILES string of the molecule is O.[Fe+3].[O-][Cl+3]([O-])([O-])[O-].[O-][Cl+3]([O-])([O-])[O-].[O-][Cl+3]([O-])([O-])[O-]. The molecule has 17 heteroatoms. The fourth-order valence-electron chi connectivity index (χ4n) is 0. The predicted molar refractivity (Wildman–Crippen MR) is 3.61 cm³/mol. The van der Waals surface area contributed by atoms with Gasteiger partial charge in [-0.25, -0.2) is 55.9 Å². The second-order valence-corrected chi connectivity index (χ2v) is 3.40. The summed E-state index contributed by atoms with van der Waals surface area (Å²) < 4.78 is 102. The van der Waals surface area contributed by atoms with Crippen LogP contribution in [0.15, 0.2) is 0 Å². The minimum absolute atomic E-state index is 0. The Morgan fingerprint density at radius 1 is 0.353 bits per heavy atom. The van der Waals surface area contributed by atoms with E-state index in [0.717, 1.165) is 0 Å². The largest absolute Gasteiger partial charge is 3.00 e. The van der Waals surface area contributed by atoms with Gasteiger partial charge in [-0.05, 0) is 0 Å². The van der Waals surface area contributed by atoms with Gasteiger partial charge in [-0.1, -0.05) is 0 Å². The molecule has 0 aliphatic carbocycles. The molecule has 2 N–H and O–H groups in total. The summed E-state index contributed by atoms with van der Waals surface area (Å²) in [7, 11) is -14.8. The smallest absolute Gasteiger partial charge is 0.412 e. The standard InChI is InChI=1S/3ClHO4.Fe.H2O/c3*2-1(3,4)5;;/h3*(H,2,3,4,5);;1H2/q;;;+3;/p-3. The first-order valence-electron chi connectivity index (χ1n) is 1.85. The molecule has 0 fully saturated rings. The monoisotopic (exact) mass is 371 g/mol. The van der Waals surface area contributed by atoms with E-state index in [2.05, 4.69) is 0 Å². The molecule has 0 unspecified atom stereocenters. The van der Waals surface area contributed by atoms with Crippen molar-refractivity contribution in [3.8, 4) is 0 Å². The van der Waals surface area contributed by atoms with Crippen LogP contribution in [0, 0.1) is 30.7 Å². The van der Waals surface area contributed by atoms with Gasteiger partial charge in [-0.2, -0.15) is 0 Å². The van der Waals surface area contributed by atoms with Crippen LogP contribution in [0.3, 0.4) is 0 Å². The van der Waals surface area contributed by atoms with Crippen LogP contribution >= 0.6 is 0 Å². The Morgan fingerprint density at radius 3 is 0.353 bits per heavy atom. The third kappa shape index (κ3) is 4930. The van der Waals surface area contributed by atoms with Crippen LogP contribution in [-0.2, 0) is 17.1 Å². The van der Waals surface area contributed by atoms with E-state index in [0.29, 0.717) is 0 Å². The van der Waals surface area contributed by atoms with E-state index in [1.54, 1.807) is 0 Å². The van der Waals surface area contributed by atoms with Crippen LogP contribution < -0.4 is 55.9 Å². The molecule has 0 amide bonds. The molecule has 1 radical (unpaired) electrons. The van der Waals surface area contributed by atoms with Crippen LogP contribution in [0.25, 0.3) is 0 Å². The van der Waals surface area contributed by atoms with Crippen LogP contribution in [0.1, 0.15) is 0 Å². The molecular formula is H2Cl3FeO13. The Kier molecular flexibility index (Phi) is 21.6. The van der Waals surface area contributed by atoms with Crippen LogP contribution in [0.4, 0.5) is 0 Å². The number of rotatable bonds is 0. The maximum atomic E-state index is 8.49. The molecule has 0 heterocycles. The second kappa shape index (κ2) is 11.9. The molecule has 0 saturated carbocycles. The topological polar surface area (TPSA) is 308 Å². The fourth-order valence-corrected chi connectivity index (χ4v) is 0. The molecule has 0 spiro atoms. The average molecular weight is 372 g/mol. The molecule has 0 aromatic heterocycles. The van der Waals surface area contributed by atoms with Gasteiger partial charge >= 0.3 is 17.1 Å². The second-order valence-electron chi connectivity index (χ2n) is 1.13. The van der Waals surface area contributed by atoms with Crippen molar-refractivity contribution in [2.75, 3.05) is 0 Å². The number of hydrogen-bond donors (Lipinski definition) is 0. The van der Waals surface area contributed by atoms with Gasteiger partial charge in [0.25, 0.3) is 0 Å². The molecule has 0 aromatic rings. The summed E-state index contributed by atoms with van der Waals surface area (Å²) in [4.78, 5) is 0. The van der Waals surface area contributed by atoms with Crippen molar-refractivity contribution in [2.24, 2.45) is 0 Å². The molecule has 0 aliphatic heterocycles. The van der Waals surface area contributed by atoms with E-state index in [4.69, 9.17) is 55.9 Å². The van der Waals surface area contributed by atoms with Crippen molar-refractivity contribution in [3.05, 3.63) is 0 Å². The van der Waals surface area contributed by atoms with Gasteiger partial charge in [0.2, 0.25) is 0 Å². The van der Waals surface area contributed by atoms with Crippen molar-refractivity contribution < 1.29 is 109 Å². The van der Waals surface area contributed by atoms with E-state index >= 15 is 0 Å². The average Bonchev–Trinajstić information content (AvgIpc) is 1.41. The van der Waals surface area contributed by atoms with Gasteiger partial charge in [0, 0.05) is 0 Å². The van der Waals surface area contributed by atoms with Crippen LogP contribution in [0.2, 0.25) is 0 Å². The Balaban J connectivity index is -0.0000000400. The van der Waals surface area contributed by atoms with Gasteiger partial charge in [0.05, 0.1) is 0 Å². The Morgan fingerprint density at radius 2 is 0.353 bits per heavy atom. The van der Waals surface area contributed by atoms with Crippen molar-refractivity contribution in [1.82, 2.24) is 0 Å². The summed E-state index contributed by atoms with van der Waals surface area (Å²) in [5.74, 6) is 0. The molecule has 0 aliphatic rings. The van der Waals surface area contributed by atoms with Crippen molar-refractivity contribution in [2.45, 2.75) is 0 Å². The molecule has 0 bridgehead atoms. The third-order valence-electron chi connectivity index (χ3n) is 0. The van der Waals surface area contributed by atoms with E-state index in [1.807, 2.05) is 0 Å². The molecule has 0 aromatic carbocycles. The van der Waals surface area contributed by atoms with Crippen LogP contribution in [-0.4, -0.2) is 5.48 Å². The first-order valence-corrected chi connectivity index (χ1v) is 5.55. The van der Waals surface area contributed by atoms with E-state index in [9.17, 15) is 0 Å². The Bertz CT molecular complexity index is 91.7. The van der Waals surface area contributed by atoms with Gasteiger partial charge in [-0.3, -0.25) is 0 Å². The summed E-state index contributed by atoms with van der Waals surface area (Å²) in [6.45, 7) is 0. The van der Waals surface area contributed by atoms with Gasteiger partial charge in [0.1, 0.15) is 0 Å². The van der Waals surface area contributed by atoms with E-state index in [-0.39, 0.29) is 22.5 Å². The zero-order chi connectivity index (χ0) is 13.5. The van der Waals surface area contributed by atoms with E-state index in [1.165, 1.54) is 0 Å². The van der Waals surface area contributed by atoms with Crippen molar-refractivity contribution in [1.29, 1.82) is 0 Å². The predicted octanol–water partition coefficient (Wildman–Crippen LogP) is -15.1. The summed E-state index contributed by atoms with van der Waals surface area (Å²) in [6.07, 6.45) is 0. The minimum Gasteiger partial charge on any atom is -0.412 e. The van der Waals surface area contributed by atoms with Crippen LogP contribution in [0.5, 0.6) is 0 Å². The van der Waals surface area contributed by atoms with Gasteiger partial charge < -0.3 is 5.48 Å². The van der Waals surface area contributed by atoms with Crippen molar-refractivity contribution >= 4 is 0 Å². The summed E-state index contributed by atoms with van der Waals surface area (Å²) >= 11 is 0. The first kappa shape index (κ1) is 30.7. The minimum atomic E-state index is -4.94. The Labute approximate surface area is 109 Å². The maximum absolute atomic E-state index is 8.49. The van der Waals surface area contributed by atoms with Gasteiger partial charge in [0.15, 0.2) is 0 Å². The normalized spacial score (nSPS) is 10.6. The maximum Gasteiger partial charge on any atom is 3.00 e.